The van der Waals surface area contributed by atoms with Crippen LogP contribution in [0.25, 0.3) is 0 Å². The molecule has 2 fully saturated rings. The molecular formula is C15H29N3O4S. The minimum atomic E-state index is -2.87. The third-order valence-corrected chi connectivity index (χ3v) is 5.78. The lowest BCUT2D eigenvalue weighted by atomic mass is 10.1. The number of nitrogens with zero attached hydrogens (tertiary/aromatic N) is 1. The van der Waals surface area contributed by atoms with Crippen LogP contribution in [0, 0.1) is 5.92 Å². The molecule has 2 aliphatic rings. The molecule has 0 amide bonds. The Morgan fingerprint density at radius 3 is 2.91 bits per heavy atom. The van der Waals surface area contributed by atoms with Crippen LogP contribution in [0.1, 0.15) is 26.2 Å². The van der Waals surface area contributed by atoms with Crippen LogP contribution in [0.4, 0.5) is 0 Å². The quantitative estimate of drug-likeness (QED) is 0.370. The second-order valence-electron chi connectivity index (χ2n) is 6.16. The summed E-state index contributed by atoms with van der Waals surface area (Å²) in [5, 5.41) is 6.37. The molecule has 2 rings (SSSR count). The van der Waals surface area contributed by atoms with Gasteiger partial charge < -0.3 is 20.1 Å². The van der Waals surface area contributed by atoms with Crippen molar-refractivity contribution in [2.75, 3.05) is 51.0 Å². The molecule has 134 valence electrons. The molecule has 8 heteroatoms. The molecule has 0 radical (unpaired) electrons. The first kappa shape index (κ1) is 18.5. The highest BCUT2D eigenvalue weighted by atomic mass is 32.2. The number of ether oxygens (including phenoxy) is 2. The Kier molecular flexibility index (Phi) is 7.58. The first-order chi connectivity index (χ1) is 11.1. The van der Waals surface area contributed by atoms with Crippen LogP contribution in [-0.4, -0.2) is 71.4 Å². The maximum atomic E-state index is 11.5. The fraction of sp³-hybridized carbons (Fsp3) is 0.933. The van der Waals surface area contributed by atoms with Gasteiger partial charge in [-0.25, -0.2) is 8.42 Å². The molecule has 23 heavy (non-hydrogen) atoms. The lowest BCUT2D eigenvalue weighted by Crippen LogP contribution is -2.44. The van der Waals surface area contributed by atoms with Gasteiger partial charge in [-0.15, -0.1) is 0 Å². The molecule has 0 aromatic heterocycles. The highest BCUT2D eigenvalue weighted by Crippen LogP contribution is 2.12. The SMILES string of the molecule is CCNC(=NCCCOCC1CCOC1)NC1CCS(=O)(=O)C1. The van der Waals surface area contributed by atoms with E-state index in [1.54, 1.807) is 0 Å². The standard InChI is InChI=1S/C15H29N3O4S/c1-2-16-15(18-14-5-9-23(19,20)12-14)17-6-3-7-21-10-13-4-8-22-11-13/h13-14H,2-12H2,1H3,(H2,16,17,18). The molecule has 2 heterocycles. The molecule has 0 aromatic carbocycles. The molecule has 2 unspecified atom stereocenters. The largest absolute Gasteiger partial charge is 0.381 e. The van der Waals surface area contributed by atoms with E-state index >= 15 is 0 Å². The van der Waals surface area contributed by atoms with Gasteiger partial charge in [0.1, 0.15) is 0 Å². The maximum absolute atomic E-state index is 11.5. The Balaban J connectivity index is 1.62. The molecule has 2 saturated heterocycles. The smallest absolute Gasteiger partial charge is 0.191 e. The van der Waals surface area contributed by atoms with Crippen LogP contribution in [0.2, 0.25) is 0 Å². The van der Waals surface area contributed by atoms with Crippen molar-refractivity contribution in [2.45, 2.75) is 32.2 Å². The molecular weight excluding hydrogens is 318 g/mol. The summed E-state index contributed by atoms with van der Waals surface area (Å²) in [6.07, 6.45) is 2.60. The van der Waals surface area contributed by atoms with E-state index in [4.69, 9.17) is 9.47 Å². The molecule has 0 aliphatic carbocycles. The minimum Gasteiger partial charge on any atom is -0.381 e. The fourth-order valence-electron chi connectivity index (χ4n) is 2.74. The van der Waals surface area contributed by atoms with E-state index in [1.165, 1.54) is 0 Å². The van der Waals surface area contributed by atoms with Crippen LogP contribution in [0.15, 0.2) is 4.99 Å². The molecule has 0 aromatic rings. The summed E-state index contributed by atoms with van der Waals surface area (Å²) in [4.78, 5) is 4.49. The highest BCUT2D eigenvalue weighted by Gasteiger charge is 2.28. The number of guanidine groups is 1. The van der Waals surface area contributed by atoms with Crippen LogP contribution in [0.5, 0.6) is 0 Å². The van der Waals surface area contributed by atoms with Crippen LogP contribution in [0.3, 0.4) is 0 Å². The molecule has 2 N–H and O–H groups in total. The van der Waals surface area contributed by atoms with E-state index in [1.807, 2.05) is 6.92 Å². The van der Waals surface area contributed by atoms with Gasteiger partial charge in [0.2, 0.25) is 0 Å². The van der Waals surface area contributed by atoms with Crippen molar-refractivity contribution in [1.29, 1.82) is 0 Å². The average molecular weight is 347 g/mol. The Labute approximate surface area is 139 Å². The summed E-state index contributed by atoms with van der Waals surface area (Å²) in [6, 6.07) is -0.0311. The second kappa shape index (κ2) is 9.44. The van der Waals surface area contributed by atoms with Crippen LogP contribution < -0.4 is 10.6 Å². The van der Waals surface area contributed by atoms with Gasteiger partial charge in [-0.3, -0.25) is 4.99 Å². The summed E-state index contributed by atoms with van der Waals surface area (Å²) in [6.45, 7) is 6.54. The first-order valence-corrected chi connectivity index (χ1v) is 10.3. The first-order valence-electron chi connectivity index (χ1n) is 8.50. The summed E-state index contributed by atoms with van der Waals surface area (Å²) in [5.41, 5.74) is 0. The topological polar surface area (TPSA) is 89.0 Å². The lowest BCUT2D eigenvalue weighted by molar-refractivity contribution is 0.0893. The van der Waals surface area contributed by atoms with E-state index in [-0.39, 0.29) is 17.5 Å². The average Bonchev–Trinajstić information content (AvgIpc) is 3.12. The van der Waals surface area contributed by atoms with Gasteiger partial charge in [0, 0.05) is 38.3 Å². The van der Waals surface area contributed by atoms with Crippen molar-refractivity contribution in [3.63, 3.8) is 0 Å². The van der Waals surface area contributed by atoms with Gasteiger partial charge in [0.05, 0.1) is 24.7 Å². The summed E-state index contributed by atoms with van der Waals surface area (Å²) < 4.78 is 34.0. The van der Waals surface area contributed by atoms with Gasteiger partial charge in [-0.2, -0.15) is 0 Å². The Hall–Kier alpha value is -0.860. The third-order valence-electron chi connectivity index (χ3n) is 4.01. The monoisotopic (exact) mass is 347 g/mol. The molecule has 2 aliphatic heterocycles. The lowest BCUT2D eigenvalue weighted by Gasteiger charge is -2.15. The van der Waals surface area contributed by atoms with Gasteiger partial charge in [0.15, 0.2) is 15.8 Å². The Morgan fingerprint density at radius 1 is 1.39 bits per heavy atom. The molecule has 0 bridgehead atoms. The van der Waals surface area contributed by atoms with Gasteiger partial charge >= 0.3 is 0 Å². The van der Waals surface area contributed by atoms with Crippen molar-refractivity contribution in [3.8, 4) is 0 Å². The zero-order valence-corrected chi connectivity index (χ0v) is 14.7. The van der Waals surface area contributed by atoms with Crippen molar-refractivity contribution >= 4 is 15.8 Å². The van der Waals surface area contributed by atoms with E-state index in [0.717, 1.165) is 39.2 Å². The summed E-state index contributed by atoms with van der Waals surface area (Å²) in [5.74, 6) is 1.70. The zero-order valence-electron chi connectivity index (χ0n) is 13.9. The third kappa shape index (κ3) is 7.05. The molecule has 2 atom stereocenters. The zero-order chi connectivity index (χ0) is 16.5. The number of hydrogen-bond acceptors (Lipinski definition) is 5. The number of hydrogen-bond donors (Lipinski definition) is 2. The van der Waals surface area contributed by atoms with Crippen molar-refractivity contribution in [3.05, 3.63) is 0 Å². The van der Waals surface area contributed by atoms with Crippen LogP contribution >= 0.6 is 0 Å². The van der Waals surface area contributed by atoms with Crippen molar-refractivity contribution in [2.24, 2.45) is 10.9 Å². The predicted octanol–water partition coefficient (Wildman–Crippen LogP) is 0.172. The predicted molar refractivity (Wildman–Crippen MR) is 90.5 cm³/mol. The second-order valence-corrected chi connectivity index (χ2v) is 8.39. The van der Waals surface area contributed by atoms with Gasteiger partial charge in [-0.1, -0.05) is 0 Å². The van der Waals surface area contributed by atoms with E-state index < -0.39 is 9.84 Å². The van der Waals surface area contributed by atoms with E-state index in [0.29, 0.717) is 31.4 Å². The minimum absolute atomic E-state index is 0.0311. The maximum Gasteiger partial charge on any atom is 0.191 e. The van der Waals surface area contributed by atoms with Crippen molar-refractivity contribution in [1.82, 2.24) is 10.6 Å². The fourth-order valence-corrected chi connectivity index (χ4v) is 4.42. The van der Waals surface area contributed by atoms with Gasteiger partial charge in [-0.05, 0) is 26.2 Å². The van der Waals surface area contributed by atoms with Crippen LogP contribution in [-0.2, 0) is 19.3 Å². The van der Waals surface area contributed by atoms with Crippen molar-refractivity contribution < 1.29 is 17.9 Å². The molecule has 0 spiro atoms. The highest BCUT2D eigenvalue weighted by molar-refractivity contribution is 7.91. The number of nitrogens with one attached hydrogen (secondary N) is 2. The number of aliphatic imine (C=N–C) groups is 1. The Morgan fingerprint density at radius 2 is 2.26 bits per heavy atom. The Bertz CT molecular complexity index is 475. The summed E-state index contributed by atoms with van der Waals surface area (Å²) in [7, 11) is -2.87. The van der Waals surface area contributed by atoms with E-state index in [2.05, 4.69) is 15.6 Å². The summed E-state index contributed by atoms with van der Waals surface area (Å²) >= 11 is 0. The van der Waals surface area contributed by atoms with E-state index in [9.17, 15) is 8.42 Å². The number of sulfone groups is 1. The number of rotatable bonds is 8. The normalized spacial score (nSPS) is 27.3. The molecule has 0 saturated carbocycles. The van der Waals surface area contributed by atoms with Gasteiger partial charge in [0.25, 0.3) is 0 Å². The molecule has 7 nitrogen and oxygen atoms in total.